The van der Waals surface area contributed by atoms with Gasteiger partial charge in [0.25, 0.3) is 11.8 Å². The van der Waals surface area contributed by atoms with Crippen LogP contribution in [0.5, 0.6) is 0 Å². The van der Waals surface area contributed by atoms with Crippen molar-refractivity contribution in [3.05, 3.63) is 34.3 Å². The minimum Gasteiger partial charge on any atom is -0.343 e. The van der Waals surface area contributed by atoms with Gasteiger partial charge in [0, 0.05) is 26.1 Å². The maximum Gasteiger partial charge on any atom is 0.263 e. The van der Waals surface area contributed by atoms with E-state index in [0.717, 1.165) is 30.8 Å². The normalized spacial score (nSPS) is 17.6. The summed E-state index contributed by atoms with van der Waals surface area (Å²) in [6.07, 6.45) is 2.21. The van der Waals surface area contributed by atoms with E-state index in [-0.39, 0.29) is 35.4 Å². The van der Waals surface area contributed by atoms with Gasteiger partial charge < -0.3 is 4.90 Å². The number of carbonyl (C=O) groups is 3. The molecule has 21 heavy (non-hydrogen) atoms. The molecule has 1 aromatic carbocycles. The van der Waals surface area contributed by atoms with Crippen molar-refractivity contribution in [1.82, 2.24) is 9.80 Å². The zero-order chi connectivity index (χ0) is 15.0. The van der Waals surface area contributed by atoms with Gasteiger partial charge in [0.15, 0.2) is 0 Å². The molecular formula is C15H15ClN2O3. The summed E-state index contributed by atoms with van der Waals surface area (Å²) in [4.78, 5) is 39.4. The third kappa shape index (κ3) is 2.42. The number of nitrogens with zero attached hydrogens (tertiary/aromatic N) is 2. The van der Waals surface area contributed by atoms with E-state index in [4.69, 9.17) is 11.6 Å². The number of fused-ring (bicyclic) bond motifs is 1. The van der Waals surface area contributed by atoms with Crippen LogP contribution in [0.25, 0.3) is 0 Å². The Bertz CT molecular complexity index is 623. The van der Waals surface area contributed by atoms with Gasteiger partial charge in [-0.1, -0.05) is 17.7 Å². The molecule has 2 heterocycles. The van der Waals surface area contributed by atoms with Gasteiger partial charge in [-0.3, -0.25) is 19.3 Å². The van der Waals surface area contributed by atoms with Crippen molar-refractivity contribution in [2.24, 2.45) is 0 Å². The highest BCUT2D eigenvalue weighted by Gasteiger charge is 2.37. The van der Waals surface area contributed by atoms with E-state index >= 15 is 0 Å². The molecule has 0 atom stereocenters. The van der Waals surface area contributed by atoms with Crippen LogP contribution in [-0.2, 0) is 4.79 Å². The smallest absolute Gasteiger partial charge is 0.263 e. The number of benzene rings is 1. The average Bonchev–Trinajstić information content (AvgIpc) is 3.07. The molecule has 2 aliphatic rings. The Morgan fingerprint density at radius 2 is 1.86 bits per heavy atom. The molecule has 0 bridgehead atoms. The summed E-state index contributed by atoms with van der Waals surface area (Å²) in [7, 11) is 0. The van der Waals surface area contributed by atoms with Crippen molar-refractivity contribution < 1.29 is 14.4 Å². The third-order valence-electron chi connectivity index (χ3n) is 3.96. The Labute approximate surface area is 127 Å². The highest BCUT2D eigenvalue weighted by atomic mass is 35.5. The minimum atomic E-state index is -0.408. The van der Waals surface area contributed by atoms with Crippen LogP contribution in [0.4, 0.5) is 0 Å². The van der Waals surface area contributed by atoms with E-state index in [1.807, 2.05) is 0 Å². The highest BCUT2D eigenvalue weighted by Crippen LogP contribution is 2.29. The number of likely N-dealkylation sites (tertiary alicyclic amines) is 1. The van der Waals surface area contributed by atoms with Gasteiger partial charge in [0.2, 0.25) is 5.91 Å². The second kappa shape index (κ2) is 5.48. The minimum absolute atomic E-state index is 0.00449. The number of imide groups is 1. The molecule has 0 saturated carbocycles. The lowest BCUT2D eigenvalue weighted by Gasteiger charge is -2.18. The molecule has 6 heteroatoms. The van der Waals surface area contributed by atoms with Gasteiger partial charge in [0.1, 0.15) is 0 Å². The Hall–Kier alpha value is -1.88. The van der Waals surface area contributed by atoms with E-state index < -0.39 is 5.91 Å². The van der Waals surface area contributed by atoms with Gasteiger partial charge in [-0.25, -0.2) is 0 Å². The first-order chi connectivity index (χ1) is 10.1. The Morgan fingerprint density at radius 3 is 2.52 bits per heavy atom. The first-order valence-corrected chi connectivity index (χ1v) is 7.40. The number of carbonyl (C=O) groups excluding carboxylic acids is 3. The molecule has 1 fully saturated rings. The van der Waals surface area contributed by atoms with Crippen molar-refractivity contribution in [3.8, 4) is 0 Å². The second-order valence-electron chi connectivity index (χ2n) is 5.26. The fourth-order valence-electron chi connectivity index (χ4n) is 2.83. The van der Waals surface area contributed by atoms with E-state index in [9.17, 15) is 14.4 Å². The number of hydrogen-bond acceptors (Lipinski definition) is 3. The van der Waals surface area contributed by atoms with Gasteiger partial charge in [0.05, 0.1) is 16.1 Å². The largest absolute Gasteiger partial charge is 0.343 e. The zero-order valence-corrected chi connectivity index (χ0v) is 12.2. The van der Waals surface area contributed by atoms with Crippen molar-refractivity contribution in [2.45, 2.75) is 19.3 Å². The van der Waals surface area contributed by atoms with Crippen molar-refractivity contribution in [2.75, 3.05) is 19.6 Å². The average molecular weight is 307 g/mol. The zero-order valence-electron chi connectivity index (χ0n) is 11.5. The van der Waals surface area contributed by atoms with Crippen LogP contribution in [0.1, 0.15) is 40.0 Å². The molecule has 0 unspecified atom stereocenters. The molecular weight excluding hydrogens is 292 g/mol. The maximum atomic E-state index is 12.3. The SMILES string of the molecule is O=C(CCN1C(=O)c2cccc(Cl)c2C1=O)N1CCCC1. The van der Waals surface area contributed by atoms with E-state index in [1.165, 1.54) is 0 Å². The lowest BCUT2D eigenvalue weighted by molar-refractivity contribution is -0.130. The molecule has 0 spiro atoms. The summed E-state index contributed by atoms with van der Waals surface area (Å²) in [6.45, 7) is 1.65. The summed E-state index contributed by atoms with van der Waals surface area (Å²) < 4.78 is 0. The van der Waals surface area contributed by atoms with E-state index in [1.54, 1.807) is 23.1 Å². The summed E-state index contributed by atoms with van der Waals surface area (Å²) in [5.74, 6) is -0.781. The van der Waals surface area contributed by atoms with Gasteiger partial charge >= 0.3 is 0 Å². The molecule has 110 valence electrons. The molecule has 1 aromatic rings. The summed E-state index contributed by atoms with van der Waals surface area (Å²) in [5.41, 5.74) is 0.568. The second-order valence-corrected chi connectivity index (χ2v) is 5.67. The maximum absolute atomic E-state index is 12.3. The Kier molecular flexibility index (Phi) is 3.68. The fourth-order valence-corrected chi connectivity index (χ4v) is 3.08. The summed E-state index contributed by atoms with van der Waals surface area (Å²) in [5, 5.41) is 0.277. The Balaban J connectivity index is 1.70. The van der Waals surface area contributed by atoms with Gasteiger partial charge in [-0.05, 0) is 25.0 Å². The van der Waals surface area contributed by atoms with Crippen LogP contribution in [0.3, 0.4) is 0 Å². The van der Waals surface area contributed by atoms with Gasteiger partial charge in [-0.15, -0.1) is 0 Å². The van der Waals surface area contributed by atoms with Crippen molar-refractivity contribution in [3.63, 3.8) is 0 Å². The molecule has 0 aromatic heterocycles. The molecule has 0 aliphatic carbocycles. The summed E-state index contributed by atoms with van der Waals surface area (Å²) in [6, 6.07) is 4.82. The van der Waals surface area contributed by atoms with Crippen LogP contribution in [0, 0.1) is 0 Å². The van der Waals surface area contributed by atoms with E-state index in [0.29, 0.717) is 5.56 Å². The molecule has 0 N–H and O–H groups in total. The fraction of sp³-hybridized carbons (Fsp3) is 0.400. The number of halogens is 1. The van der Waals surface area contributed by atoms with E-state index in [2.05, 4.69) is 0 Å². The molecule has 2 aliphatic heterocycles. The number of hydrogen-bond donors (Lipinski definition) is 0. The lowest BCUT2D eigenvalue weighted by atomic mass is 10.1. The third-order valence-corrected chi connectivity index (χ3v) is 4.27. The molecule has 3 rings (SSSR count). The first kappa shape index (κ1) is 14.1. The van der Waals surface area contributed by atoms with Crippen LogP contribution < -0.4 is 0 Å². The first-order valence-electron chi connectivity index (χ1n) is 7.02. The number of amides is 3. The van der Waals surface area contributed by atoms with Crippen LogP contribution in [-0.4, -0.2) is 47.2 Å². The molecule has 3 amide bonds. The Morgan fingerprint density at radius 1 is 1.14 bits per heavy atom. The van der Waals surface area contributed by atoms with Crippen molar-refractivity contribution >= 4 is 29.3 Å². The topological polar surface area (TPSA) is 57.7 Å². The predicted octanol–water partition coefficient (Wildman–Crippen LogP) is 1.95. The van der Waals surface area contributed by atoms with Crippen molar-refractivity contribution in [1.29, 1.82) is 0 Å². The highest BCUT2D eigenvalue weighted by molar-refractivity contribution is 6.37. The van der Waals surface area contributed by atoms with Crippen LogP contribution in [0.2, 0.25) is 5.02 Å². The molecule has 0 radical (unpaired) electrons. The molecule has 1 saturated heterocycles. The van der Waals surface area contributed by atoms with Crippen LogP contribution >= 0.6 is 11.6 Å². The number of rotatable bonds is 3. The summed E-state index contributed by atoms with van der Waals surface area (Å²) >= 11 is 5.99. The molecule has 5 nitrogen and oxygen atoms in total. The quantitative estimate of drug-likeness (QED) is 0.802. The monoisotopic (exact) mass is 306 g/mol. The van der Waals surface area contributed by atoms with Gasteiger partial charge in [-0.2, -0.15) is 0 Å². The standard InChI is InChI=1S/C15H15ClN2O3/c16-11-5-3-4-10-13(11)15(21)18(14(10)20)9-6-12(19)17-7-1-2-8-17/h3-5H,1-2,6-9H2. The predicted molar refractivity (Wildman–Crippen MR) is 77.3 cm³/mol. The lowest BCUT2D eigenvalue weighted by Crippen LogP contribution is -2.35. The van der Waals surface area contributed by atoms with Crippen LogP contribution in [0.15, 0.2) is 18.2 Å².